The maximum Gasteiger partial charge on any atom is 0.178 e. The summed E-state index contributed by atoms with van der Waals surface area (Å²) in [5.74, 6) is -1.88. The van der Waals surface area contributed by atoms with Crippen molar-refractivity contribution in [3.05, 3.63) is 30.1 Å². The number of hydrogen-bond acceptors (Lipinski definition) is 3. The Kier molecular flexibility index (Phi) is 2.64. The largest absolute Gasteiger partial charge is 0.365 e. The number of aliphatic hydroxyl groups is 1. The van der Waals surface area contributed by atoms with Gasteiger partial charge in [0.2, 0.25) is 0 Å². The van der Waals surface area contributed by atoms with E-state index in [0.29, 0.717) is 0 Å². The number of rotatable bonds is 3. The molecule has 0 radical (unpaired) electrons. The van der Waals surface area contributed by atoms with Crippen molar-refractivity contribution < 1.29 is 14.2 Å². The molecule has 2 aliphatic carbocycles. The second-order valence-corrected chi connectivity index (χ2v) is 4.99. The van der Waals surface area contributed by atoms with E-state index in [1.165, 1.54) is 0 Å². The monoisotopic (exact) mass is 237 g/mol. The third kappa shape index (κ3) is 1.85. The number of nitrogens with zero attached hydrogens (tertiary/aromatic N) is 1. The highest BCUT2D eigenvalue weighted by Crippen LogP contribution is 2.50. The van der Waals surface area contributed by atoms with Crippen molar-refractivity contribution >= 4 is 0 Å². The molecule has 3 nitrogen and oxygen atoms in total. The van der Waals surface area contributed by atoms with Crippen LogP contribution in [0.3, 0.4) is 0 Å². The normalized spacial score (nSPS) is 37.3. The highest BCUT2D eigenvalue weighted by molar-refractivity contribution is 5.25. The number of hydrogen-bond donors (Lipinski definition) is 1. The maximum absolute atomic E-state index is 13.7. The molecule has 1 aromatic rings. The molecule has 3 rings (SSSR count). The lowest BCUT2D eigenvalue weighted by atomic mass is 9.71. The molecule has 2 saturated carbocycles. The molecule has 0 spiro atoms. The third-order valence-corrected chi connectivity index (χ3v) is 3.82. The summed E-state index contributed by atoms with van der Waals surface area (Å²) in [4.78, 5) is 3.90. The molecule has 0 bridgehead atoms. The molecule has 3 atom stereocenters. The minimum atomic E-state index is -1.31. The van der Waals surface area contributed by atoms with Gasteiger partial charge in [0.15, 0.2) is 5.79 Å². The first-order valence-corrected chi connectivity index (χ1v) is 6.13. The lowest BCUT2D eigenvalue weighted by Gasteiger charge is -2.50. The van der Waals surface area contributed by atoms with Gasteiger partial charge < -0.3 is 9.84 Å². The third-order valence-electron chi connectivity index (χ3n) is 3.82. The van der Waals surface area contributed by atoms with Crippen LogP contribution in [0.25, 0.3) is 0 Å². The van der Waals surface area contributed by atoms with Gasteiger partial charge >= 0.3 is 0 Å². The van der Waals surface area contributed by atoms with E-state index in [1.54, 1.807) is 24.5 Å². The summed E-state index contributed by atoms with van der Waals surface area (Å²) < 4.78 is 19.3. The number of halogens is 1. The second-order valence-electron chi connectivity index (χ2n) is 4.99. The Morgan fingerprint density at radius 1 is 1.35 bits per heavy atom. The summed E-state index contributed by atoms with van der Waals surface area (Å²) in [5, 5.41) is 10.3. The Morgan fingerprint density at radius 3 is 2.59 bits per heavy atom. The van der Waals surface area contributed by atoms with Gasteiger partial charge in [0.05, 0.1) is 12.0 Å². The summed E-state index contributed by atoms with van der Waals surface area (Å²) >= 11 is 0. The second kappa shape index (κ2) is 4.03. The van der Waals surface area contributed by atoms with Gasteiger partial charge in [-0.25, -0.2) is 4.39 Å². The van der Waals surface area contributed by atoms with E-state index in [2.05, 4.69) is 4.98 Å². The van der Waals surface area contributed by atoms with Crippen molar-refractivity contribution in [2.45, 2.75) is 49.7 Å². The SMILES string of the molecule is OC1(OC2CCC2)CC(F)C1c1ccncc1. The van der Waals surface area contributed by atoms with Crippen molar-refractivity contribution in [1.29, 1.82) is 0 Å². The number of ether oxygens (including phenoxy) is 1. The van der Waals surface area contributed by atoms with Crippen LogP contribution in [0.5, 0.6) is 0 Å². The summed E-state index contributed by atoms with van der Waals surface area (Å²) in [7, 11) is 0. The lowest BCUT2D eigenvalue weighted by Crippen LogP contribution is -2.57. The van der Waals surface area contributed by atoms with Crippen LogP contribution in [-0.4, -0.2) is 28.2 Å². The molecule has 1 N–H and O–H groups in total. The van der Waals surface area contributed by atoms with Crippen LogP contribution in [0.4, 0.5) is 4.39 Å². The van der Waals surface area contributed by atoms with Crippen molar-refractivity contribution in [2.24, 2.45) is 0 Å². The van der Waals surface area contributed by atoms with E-state index in [4.69, 9.17) is 4.74 Å². The Hall–Kier alpha value is -1.00. The fourth-order valence-electron chi connectivity index (χ4n) is 2.59. The Labute approximate surface area is 99.6 Å². The Bertz CT molecular complexity index is 396. The molecule has 0 aliphatic heterocycles. The smallest absolute Gasteiger partial charge is 0.178 e. The average molecular weight is 237 g/mol. The van der Waals surface area contributed by atoms with E-state index in [0.717, 1.165) is 24.8 Å². The molecule has 0 amide bonds. The van der Waals surface area contributed by atoms with E-state index in [9.17, 15) is 9.50 Å². The zero-order valence-corrected chi connectivity index (χ0v) is 9.55. The number of pyridine rings is 1. The number of alkyl halides is 1. The molecular weight excluding hydrogens is 221 g/mol. The van der Waals surface area contributed by atoms with Crippen LogP contribution < -0.4 is 0 Å². The zero-order chi connectivity index (χ0) is 11.9. The first-order valence-electron chi connectivity index (χ1n) is 6.13. The first kappa shape index (κ1) is 11.1. The van der Waals surface area contributed by atoms with Gasteiger partial charge in [0, 0.05) is 18.8 Å². The molecule has 4 heteroatoms. The topological polar surface area (TPSA) is 42.4 Å². The van der Waals surface area contributed by atoms with Gasteiger partial charge in [-0.1, -0.05) is 0 Å². The summed E-state index contributed by atoms with van der Waals surface area (Å²) in [6.45, 7) is 0. The van der Waals surface area contributed by atoms with Crippen LogP contribution in [0.1, 0.15) is 37.2 Å². The Morgan fingerprint density at radius 2 is 2.06 bits per heavy atom. The van der Waals surface area contributed by atoms with Crippen molar-refractivity contribution in [2.75, 3.05) is 0 Å². The van der Waals surface area contributed by atoms with E-state index in [1.807, 2.05) is 0 Å². The molecule has 1 aromatic heterocycles. The molecule has 2 aliphatic rings. The van der Waals surface area contributed by atoms with Crippen LogP contribution in [0, 0.1) is 0 Å². The van der Waals surface area contributed by atoms with Gasteiger partial charge in [-0.2, -0.15) is 0 Å². The van der Waals surface area contributed by atoms with E-state index < -0.39 is 17.9 Å². The van der Waals surface area contributed by atoms with E-state index >= 15 is 0 Å². The Balaban J connectivity index is 1.77. The van der Waals surface area contributed by atoms with Crippen LogP contribution in [-0.2, 0) is 4.74 Å². The molecule has 92 valence electrons. The quantitative estimate of drug-likeness (QED) is 0.819. The molecule has 0 aromatic carbocycles. The molecule has 17 heavy (non-hydrogen) atoms. The first-order chi connectivity index (χ1) is 8.19. The van der Waals surface area contributed by atoms with Gasteiger partial charge in [0.25, 0.3) is 0 Å². The van der Waals surface area contributed by atoms with Gasteiger partial charge in [-0.05, 0) is 37.0 Å². The number of aromatic nitrogens is 1. The van der Waals surface area contributed by atoms with Gasteiger partial charge in [-0.3, -0.25) is 4.98 Å². The molecule has 0 saturated heterocycles. The van der Waals surface area contributed by atoms with E-state index in [-0.39, 0.29) is 12.5 Å². The zero-order valence-electron chi connectivity index (χ0n) is 9.55. The predicted molar refractivity (Wildman–Crippen MR) is 60.2 cm³/mol. The molecular formula is C13H16FNO2. The minimum absolute atomic E-state index is 0.0799. The highest BCUT2D eigenvalue weighted by atomic mass is 19.1. The van der Waals surface area contributed by atoms with Crippen molar-refractivity contribution in [1.82, 2.24) is 4.98 Å². The average Bonchev–Trinajstić information content (AvgIpc) is 2.24. The standard InChI is InChI=1S/C13H16FNO2/c14-11-8-13(16,17-10-2-1-3-10)12(11)9-4-6-15-7-5-9/h4-7,10-12,16H,1-3,8H2. The van der Waals surface area contributed by atoms with Crippen molar-refractivity contribution in [3.63, 3.8) is 0 Å². The molecule has 1 heterocycles. The van der Waals surface area contributed by atoms with Crippen molar-refractivity contribution in [3.8, 4) is 0 Å². The minimum Gasteiger partial charge on any atom is -0.365 e. The van der Waals surface area contributed by atoms with Crippen LogP contribution in [0.15, 0.2) is 24.5 Å². The predicted octanol–water partition coefficient (Wildman–Crippen LogP) is 2.16. The lowest BCUT2D eigenvalue weighted by molar-refractivity contribution is -0.312. The van der Waals surface area contributed by atoms with Gasteiger partial charge in [0.1, 0.15) is 6.17 Å². The summed E-state index contributed by atoms with van der Waals surface area (Å²) in [6, 6.07) is 3.48. The fraction of sp³-hybridized carbons (Fsp3) is 0.615. The summed E-state index contributed by atoms with van der Waals surface area (Å²) in [6.07, 6.45) is 5.48. The highest BCUT2D eigenvalue weighted by Gasteiger charge is 2.56. The molecule has 2 fully saturated rings. The summed E-state index contributed by atoms with van der Waals surface area (Å²) in [5.41, 5.74) is 0.764. The van der Waals surface area contributed by atoms with Gasteiger partial charge in [-0.15, -0.1) is 0 Å². The molecule has 3 unspecified atom stereocenters. The van der Waals surface area contributed by atoms with Crippen LogP contribution >= 0.6 is 0 Å². The van der Waals surface area contributed by atoms with Crippen LogP contribution in [0.2, 0.25) is 0 Å². The maximum atomic E-state index is 13.7. The fourth-order valence-corrected chi connectivity index (χ4v) is 2.59.